The highest BCUT2D eigenvalue weighted by Crippen LogP contribution is 2.22. The molecule has 1 amide bonds. The number of sulfonamides is 1. The molecule has 0 fully saturated rings. The SMILES string of the molecule is Cc1ccc(CN(CC(=O)N/N=C\c2ccc(Cl)c(Cl)c2)S(=O)(=O)c2ccc(Br)cc2)cc1. The fourth-order valence-electron chi connectivity index (χ4n) is 2.85. The first-order valence-electron chi connectivity index (χ1n) is 9.73. The number of halogens is 3. The zero-order chi connectivity index (χ0) is 24.0. The van der Waals surface area contributed by atoms with E-state index in [4.69, 9.17) is 23.2 Å². The molecule has 0 radical (unpaired) electrons. The van der Waals surface area contributed by atoms with E-state index in [-0.39, 0.29) is 11.4 Å². The zero-order valence-electron chi connectivity index (χ0n) is 17.5. The molecule has 6 nitrogen and oxygen atoms in total. The van der Waals surface area contributed by atoms with Crippen molar-refractivity contribution in [1.82, 2.24) is 9.73 Å². The number of nitrogens with one attached hydrogen (secondary N) is 1. The highest BCUT2D eigenvalue weighted by molar-refractivity contribution is 9.10. The second-order valence-electron chi connectivity index (χ2n) is 7.18. The molecular formula is C23H20BrCl2N3O3S. The molecule has 1 N–H and O–H groups in total. The van der Waals surface area contributed by atoms with Gasteiger partial charge in [-0.15, -0.1) is 0 Å². The largest absolute Gasteiger partial charge is 0.272 e. The van der Waals surface area contributed by atoms with E-state index in [0.717, 1.165) is 19.9 Å². The lowest BCUT2D eigenvalue weighted by atomic mass is 10.1. The van der Waals surface area contributed by atoms with Crippen LogP contribution in [-0.4, -0.2) is 31.4 Å². The molecule has 0 aliphatic carbocycles. The lowest BCUT2D eigenvalue weighted by molar-refractivity contribution is -0.121. The number of aryl methyl sites for hydroxylation is 1. The summed E-state index contributed by atoms with van der Waals surface area (Å²) >= 11 is 15.2. The minimum atomic E-state index is -3.94. The summed E-state index contributed by atoms with van der Waals surface area (Å²) in [5.74, 6) is -0.584. The van der Waals surface area contributed by atoms with Crippen molar-refractivity contribution in [3.8, 4) is 0 Å². The number of nitrogens with zero attached hydrogens (tertiary/aromatic N) is 2. The van der Waals surface area contributed by atoms with Gasteiger partial charge in [-0.2, -0.15) is 9.41 Å². The standard InChI is InChI=1S/C23H20BrCl2N3O3S/c1-16-2-4-17(5-3-16)14-29(33(31,32)20-9-7-19(24)8-10-20)15-23(30)28-27-13-18-6-11-21(25)22(26)12-18/h2-13H,14-15H2,1H3,(H,28,30)/b27-13-. The molecule has 0 aliphatic heterocycles. The van der Waals surface area contributed by atoms with Crippen LogP contribution >= 0.6 is 39.1 Å². The van der Waals surface area contributed by atoms with E-state index in [0.29, 0.717) is 15.6 Å². The van der Waals surface area contributed by atoms with Gasteiger partial charge in [0.25, 0.3) is 5.91 Å². The van der Waals surface area contributed by atoms with Crippen LogP contribution in [-0.2, 0) is 21.4 Å². The molecule has 0 saturated heterocycles. The summed E-state index contributed by atoms with van der Waals surface area (Å²) in [6.45, 7) is 1.56. The molecule has 0 atom stereocenters. The van der Waals surface area contributed by atoms with Crippen LogP contribution in [0.3, 0.4) is 0 Å². The van der Waals surface area contributed by atoms with Crippen LogP contribution in [0.5, 0.6) is 0 Å². The Morgan fingerprint density at radius 1 is 1.03 bits per heavy atom. The summed E-state index contributed by atoms with van der Waals surface area (Å²) in [5.41, 5.74) is 4.80. The van der Waals surface area contributed by atoms with Gasteiger partial charge in [0, 0.05) is 11.0 Å². The number of carbonyl (C=O) groups excluding carboxylic acids is 1. The van der Waals surface area contributed by atoms with E-state index < -0.39 is 22.5 Å². The molecule has 3 aromatic rings. The Labute approximate surface area is 211 Å². The third-order valence-corrected chi connectivity index (χ3v) is 7.67. The summed E-state index contributed by atoms with van der Waals surface area (Å²) in [4.78, 5) is 12.6. The molecule has 0 saturated carbocycles. The smallest absolute Gasteiger partial charge is 0.255 e. The first-order chi connectivity index (χ1) is 15.6. The second-order valence-corrected chi connectivity index (χ2v) is 10.8. The highest BCUT2D eigenvalue weighted by atomic mass is 79.9. The van der Waals surface area contributed by atoms with Crippen LogP contribution in [0.15, 0.2) is 81.2 Å². The molecule has 0 bridgehead atoms. The van der Waals surface area contributed by atoms with Crippen molar-refractivity contribution >= 4 is 61.3 Å². The van der Waals surface area contributed by atoms with Crippen molar-refractivity contribution in [2.75, 3.05) is 6.54 Å². The number of amides is 1. The average Bonchev–Trinajstić information content (AvgIpc) is 2.77. The highest BCUT2D eigenvalue weighted by Gasteiger charge is 2.27. The van der Waals surface area contributed by atoms with Crippen LogP contribution in [0.2, 0.25) is 10.0 Å². The van der Waals surface area contributed by atoms with Crippen LogP contribution in [0.4, 0.5) is 0 Å². The van der Waals surface area contributed by atoms with Crippen LogP contribution in [0.25, 0.3) is 0 Å². The number of carbonyl (C=O) groups is 1. The molecule has 172 valence electrons. The minimum Gasteiger partial charge on any atom is -0.272 e. The van der Waals surface area contributed by atoms with Gasteiger partial charge in [-0.3, -0.25) is 4.79 Å². The minimum absolute atomic E-state index is 0.0304. The van der Waals surface area contributed by atoms with Crippen molar-refractivity contribution in [1.29, 1.82) is 0 Å². The fourth-order valence-corrected chi connectivity index (χ4v) is 4.80. The molecular weight excluding hydrogens is 549 g/mol. The zero-order valence-corrected chi connectivity index (χ0v) is 21.4. The summed E-state index contributed by atoms with van der Waals surface area (Å²) in [7, 11) is -3.94. The molecule has 3 rings (SSSR count). The summed E-state index contributed by atoms with van der Waals surface area (Å²) in [6.07, 6.45) is 1.40. The number of hydrogen-bond donors (Lipinski definition) is 1. The van der Waals surface area contributed by atoms with E-state index in [9.17, 15) is 13.2 Å². The third-order valence-electron chi connectivity index (χ3n) is 4.60. The van der Waals surface area contributed by atoms with Gasteiger partial charge in [0.15, 0.2) is 0 Å². The third kappa shape index (κ3) is 7.12. The van der Waals surface area contributed by atoms with Gasteiger partial charge in [0.1, 0.15) is 0 Å². The van der Waals surface area contributed by atoms with E-state index in [1.807, 2.05) is 31.2 Å². The van der Waals surface area contributed by atoms with Crippen molar-refractivity contribution < 1.29 is 13.2 Å². The molecule has 3 aromatic carbocycles. The molecule has 10 heteroatoms. The van der Waals surface area contributed by atoms with Gasteiger partial charge >= 0.3 is 0 Å². The first kappa shape index (κ1) is 25.4. The summed E-state index contributed by atoms with van der Waals surface area (Å²) in [6, 6.07) is 18.6. The lowest BCUT2D eigenvalue weighted by Crippen LogP contribution is -2.39. The molecule has 0 aliphatic rings. The molecule has 0 heterocycles. The Bertz CT molecular complexity index is 1270. The van der Waals surface area contributed by atoms with Crippen LogP contribution in [0, 0.1) is 6.92 Å². The average molecular weight is 569 g/mol. The Balaban J connectivity index is 1.78. The Hall–Kier alpha value is -2.23. The van der Waals surface area contributed by atoms with Gasteiger partial charge in [0.05, 0.1) is 27.7 Å². The first-order valence-corrected chi connectivity index (χ1v) is 12.7. The van der Waals surface area contributed by atoms with E-state index in [1.54, 1.807) is 30.3 Å². The van der Waals surface area contributed by atoms with Gasteiger partial charge in [0.2, 0.25) is 10.0 Å². The summed E-state index contributed by atoms with van der Waals surface area (Å²) < 4.78 is 28.4. The van der Waals surface area contributed by atoms with Crippen molar-refractivity contribution in [2.24, 2.45) is 5.10 Å². The van der Waals surface area contributed by atoms with Gasteiger partial charge in [-0.1, -0.05) is 75.0 Å². The van der Waals surface area contributed by atoms with Crippen molar-refractivity contribution in [3.63, 3.8) is 0 Å². The second kappa shape index (κ2) is 11.3. The summed E-state index contributed by atoms with van der Waals surface area (Å²) in [5, 5.41) is 4.66. The van der Waals surface area contributed by atoms with Crippen molar-refractivity contribution in [2.45, 2.75) is 18.4 Å². The maximum atomic E-state index is 13.3. The number of benzene rings is 3. The monoisotopic (exact) mass is 567 g/mol. The topological polar surface area (TPSA) is 78.8 Å². The predicted molar refractivity (Wildman–Crippen MR) is 135 cm³/mol. The maximum Gasteiger partial charge on any atom is 0.255 e. The van der Waals surface area contributed by atoms with Crippen LogP contribution in [0.1, 0.15) is 16.7 Å². The quantitative estimate of drug-likeness (QED) is 0.292. The normalized spacial score (nSPS) is 11.8. The maximum absolute atomic E-state index is 13.3. The molecule has 0 unspecified atom stereocenters. The van der Waals surface area contributed by atoms with Crippen LogP contribution < -0.4 is 5.43 Å². The molecule has 0 aromatic heterocycles. The number of hydrogen-bond acceptors (Lipinski definition) is 4. The Kier molecular flexibility index (Phi) is 8.67. The van der Waals surface area contributed by atoms with E-state index >= 15 is 0 Å². The molecule has 33 heavy (non-hydrogen) atoms. The van der Waals surface area contributed by atoms with Gasteiger partial charge in [-0.05, 0) is 54.4 Å². The van der Waals surface area contributed by atoms with Crippen molar-refractivity contribution in [3.05, 3.63) is 97.9 Å². The van der Waals surface area contributed by atoms with E-state index in [2.05, 4.69) is 26.5 Å². The number of rotatable bonds is 8. The Morgan fingerprint density at radius 2 is 1.70 bits per heavy atom. The van der Waals surface area contributed by atoms with E-state index in [1.165, 1.54) is 18.3 Å². The molecule has 0 spiro atoms. The number of hydrazone groups is 1. The van der Waals surface area contributed by atoms with Gasteiger partial charge < -0.3 is 0 Å². The Morgan fingerprint density at radius 3 is 2.33 bits per heavy atom. The van der Waals surface area contributed by atoms with Gasteiger partial charge in [-0.25, -0.2) is 13.8 Å². The fraction of sp³-hybridized carbons (Fsp3) is 0.130. The predicted octanol–water partition coefficient (Wildman–Crippen LogP) is 5.41. The lowest BCUT2D eigenvalue weighted by Gasteiger charge is -2.21.